The molecule has 0 aromatic heterocycles. The van der Waals surface area contributed by atoms with Gasteiger partial charge in [-0.05, 0) is 25.0 Å². The molecule has 1 aromatic carbocycles. The Morgan fingerprint density at radius 3 is 2.58 bits per heavy atom. The molecule has 1 aromatic rings. The van der Waals surface area contributed by atoms with Crippen molar-refractivity contribution in [3.63, 3.8) is 0 Å². The summed E-state index contributed by atoms with van der Waals surface area (Å²) in [7, 11) is 0. The second-order valence-electron chi connectivity index (χ2n) is 4.74. The number of hydrogen-bond acceptors (Lipinski definition) is 4. The first-order valence-electron chi connectivity index (χ1n) is 5.97. The average molecular weight is 284 g/mol. The van der Waals surface area contributed by atoms with Crippen molar-refractivity contribution < 1.29 is 9.72 Å². The van der Waals surface area contributed by atoms with Crippen LogP contribution in [0.2, 0.25) is 5.02 Å². The summed E-state index contributed by atoms with van der Waals surface area (Å²) in [4.78, 5) is 22.1. The summed E-state index contributed by atoms with van der Waals surface area (Å²) in [6.45, 7) is 0. The first-order valence-corrected chi connectivity index (χ1v) is 6.34. The molecule has 1 amide bonds. The van der Waals surface area contributed by atoms with E-state index in [2.05, 4.69) is 5.32 Å². The molecule has 1 aliphatic carbocycles. The fourth-order valence-electron chi connectivity index (χ4n) is 2.22. The molecule has 1 saturated carbocycles. The Morgan fingerprint density at radius 2 is 2.05 bits per heavy atom. The Bertz CT molecular complexity index is 527. The molecule has 0 saturated heterocycles. The average Bonchev–Trinajstić information content (AvgIpc) is 2.77. The SMILES string of the molecule is NC1(C(=O)Nc2ccc([N+](=O)[O-])c(Cl)c2)CCCC1. The number of nitrogens with one attached hydrogen (secondary N) is 1. The predicted octanol–water partition coefficient (Wildman–Crippen LogP) is 2.46. The van der Waals surface area contributed by atoms with Crippen molar-refractivity contribution in [3.05, 3.63) is 33.3 Å². The van der Waals surface area contributed by atoms with E-state index in [1.165, 1.54) is 18.2 Å². The van der Waals surface area contributed by atoms with E-state index in [0.717, 1.165) is 12.8 Å². The third kappa shape index (κ3) is 2.85. The van der Waals surface area contributed by atoms with Gasteiger partial charge in [0.2, 0.25) is 5.91 Å². The number of halogens is 1. The van der Waals surface area contributed by atoms with Gasteiger partial charge in [0.05, 0.1) is 10.5 Å². The number of nitrogens with zero attached hydrogens (tertiary/aromatic N) is 1. The van der Waals surface area contributed by atoms with Crippen LogP contribution < -0.4 is 11.1 Å². The summed E-state index contributed by atoms with van der Waals surface area (Å²) >= 11 is 5.78. The fourth-order valence-corrected chi connectivity index (χ4v) is 2.47. The first kappa shape index (κ1) is 13.8. The van der Waals surface area contributed by atoms with E-state index in [4.69, 9.17) is 17.3 Å². The molecule has 19 heavy (non-hydrogen) atoms. The molecule has 1 aliphatic rings. The highest BCUT2D eigenvalue weighted by Gasteiger charge is 2.37. The van der Waals surface area contributed by atoms with Crippen molar-refractivity contribution in [2.75, 3.05) is 5.32 Å². The lowest BCUT2D eigenvalue weighted by atomic mass is 9.98. The van der Waals surface area contributed by atoms with Crippen molar-refractivity contribution in [1.82, 2.24) is 0 Å². The van der Waals surface area contributed by atoms with E-state index in [1.807, 2.05) is 0 Å². The summed E-state index contributed by atoms with van der Waals surface area (Å²) in [5, 5.41) is 13.3. The normalized spacial score (nSPS) is 17.2. The highest BCUT2D eigenvalue weighted by atomic mass is 35.5. The molecule has 6 nitrogen and oxygen atoms in total. The van der Waals surface area contributed by atoms with Gasteiger partial charge in [0.15, 0.2) is 0 Å². The van der Waals surface area contributed by atoms with Crippen LogP contribution in [-0.4, -0.2) is 16.4 Å². The number of carbonyl (C=O) groups excluding carboxylic acids is 1. The summed E-state index contributed by atoms with van der Waals surface area (Å²) in [6, 6.07) is 4.06. The van der Waals surface area contributed by atoms with Crippen molar-refractivity contribution >= 4 is 28.9 Å². The van der Waals surface area contributed by atoms with Crippen LogP contribution in [-0.2, 0) is 4.79 Å². The highest BCUT2D eigenvalue weighted by molar-refractivity contribution is 6.33. The van der Waals surface area contributed by atoms with Crippen LogP contribution in [0.3, 0.4) is 0 Å². The number of benzene rings is 1. The number of rotatable bonds is 3. The Kier molecular flexibility index (Phi) is 3.73. The smallest absolute Gasteiger partial charge is 0.288 e. The van der Waals surface area contributed by atoms with E-state index in [9.17, 15) is 14.9 Å². The second kappa shape index (κ2) is 5.14. The van der Waals surface area contributed by atoms with E-state index in [0.29, 0.717) is 18.5 Å². The van der Waals surface area contributed by atoms with Gasteiger partial charge in [-0.15, -0.1) is 0 Å². The van der Waals surface area contributed by atoms with Gasteiger partial charge in [-0.1, -0.05) is 24.4 Å². The van der Waals surface area contributed by atoms with Crippen LogP contribution in [0.4, 0.5) is 11.4 Å². The van der Waals surface area contributed by atoms with Gasteiger partial charge in [-0.25, -0.2) is 0 Å². The van der Waals surface area contributed by atoms with Crippen LogP contribution in [0.25, 0.3) is 0 Å². The Labute approximate surface area is 115 Å². The van der Waals surface area contributed by atoms with Crippen LogP contribution >= 0.6 is 11.6 Å². The molecule has 0 spiro atoms. The summed E-state index contributed by atoms with van der Waals surface area (Å²) < 4.78 is 0. The van der Waals surface area contributed by atoms with Crippen LogP contribution in [0.15, 0.2) is 18.2 Å². The van der Waals surface area contributed by atoms with Crippen molar-refractivity contribution in [3.8, 4) is 0 Å². The van der Waals surface area contributed by atoms with Crippen LogP contribution in [0.5, 0.6) is 0 Å². The van der Waals surface area contributed by atoms with Gasteiger partial charge in [-0.2, -0.15) is 0 Å². The van der Waals surface area contributed by atoms with E-state index < -0.39 is 10.5 Å². The molecule has 102 valence electrons. The molecule has 1 fully saturated rings. The first-order chi connectivity index (χ1) is 8.92. The lowest BCUT2D eigenvalue weighted by Crippen LogP contribution is -2.48. The van der Waals surface area contributed by atoms with Gasteiger partial charge in [0.1, 0.15) is 5.02 Å². The maximum atomic E-state index is 12.1. The number of nitro benzene ring substituents is 1. The van der Waals surface area contributed by atoms with Gasteiger partial charge < -0.3 is 11.1 Å². The minimum absolute atomic E-state index is 0.0136. The van der Waals surface area contributed by atoms with Gasteiger partial charge in [0, 0.05) is 11.8 Å². The minimum atomic E-state index is -0.839. The second-order valence-corrected chi connectivity index (χ2v) is 5.15. The zero-order chi connectivity index (χ0) is 14.0. The van der Waals surface area contributed by atoms with E-state index in [-0.39, 0.29) is 16.6 Å². The third-order valence-corrected chi connectivity index (χ3v) is 3.65. The molecule has 0 unspecified atom stereocenters. The monoisotopic (exact) mass is 283 g/mol. The lowest BCUT2D eigenvalue weighted by Gasteiger charge is -2.22. The number of nitrogens with two attached hydrogens (primary N) is 1. The molecular weight excluding hydrogens is 270 g/mol. The third-order valence-electron chi connectivity index (χ3n) is 3.35. The van der Waals surface area contributed by atoms with E-state index >= 15 is 0 Å². The standard InChI is InChI=1S/C12H14ClN3O3/c13-9-7-8(3-4-10(9)16(18)19)15-11(17)12(14)5-1-2-6-12/h3-4,7H,1-2,5-6,14H2,(H,15,17). The van der Waals surface area contributed by atoms with Gasteiger partial charge in [0.25, 0.3) is 5.69 Å². The number of nitro groups is 1. The van der Waals surface area contributed by atoms with Crippen molar-refractivity contribution in [2.24, 2.45) is 5.73 Å². The van der Waals surface area contributed by atoms with Crippen molar-refractivity contribution in [2.45, 2.75) is 31.2 Å². The molecule has 2 rings (SSSR count). The number of hydrogen-bond donors (Lipinski definition) is 2. The number of anilines is 1. The molecule has 0 bridgehead atoms. The maximum absolute atomic E-state index is 12.1. The van der Waals surface area contributed by atoms with E-state index in [1.54, 1.807) is 0 Å². The Morgan fingerprint density at radius 1 is 1.42 bits per heavy atom. The molecule has 0 heterocycles. The van der Waals surface area contributed by atoms with Crippen LogP contribution in [0, 0.1) is 10.1 Å². The largest absolute Gasteiger partial charge is 0.324 e. The Hall–Kier alpha value is -1.66. The van der Waals surface area contributed by atoms with Gasteiger partial charge >= 0.3 is 0 Å². The molecular formula is C12H14ClN3O3. The summed E-state index contributed by atoms with van der Waals surface area (Å²) in [5.41, 5.74) is 5.40. The summed E-state index contributed by atoms with van der Waals surface area (Å²) in [5.74, 6) is -0.269. The number of amides is 1. The topological polar surface area (TPSA) is 98.3 Å². The Balaban J connectivity index is 2.13. The quantitative estimate of drug-likeness (QED) is 0.657. The van der Waals surface area contributed by atoms with Gasteiger partial charge in [-0.3, -0.25) is 14.9 Å². The van der Waals surface area contributed by atoms with Crippen LogP contribution in [0.1, 0.15) is 25.7 Å². The fraction of sp³-hybridized carbons (Fsp3) is 0.417. The molecule has 0 radical (unpaired) electrons. The van der Waals surface area contributed by atoms with Crippen molar-refractivity contribution in [1.29, 1.82) is 0 Å². The zero-order valence-electron chi connectivity index (χ0n) is 10.2. The predicted molar refractivity (Wildman–Crippen MR) is 72.1 cm³/mol. The maximum Gasteiger partial charge on any atom is 0.288 e. The lowest BCUT2D eigenvalue weighted by molar-refractivity contribution is -0.384. The molecule has 0 atom stereocenters. The molecule has 7 heteroatoms. The number of carbonyl (C=O) groups is 1. The minimum Gasteiger partial charge on any atom is -0.324 e. The highest BCUT2D eigenvalue weighted by Crippen LogP contribution is 2.30. The summed E-state index contributed by atoms with van der Waals surface area (Å²) in [6.07, 6.45) is 3.18. The molecule has 3 N–H and O–H groups in total. The zero-order valence-corrected chi connectivity index (χ0v) is 10.9. The molecule has 0 aliphatic heterocycles.